The highest BCUT2D eigenvalue weighted by Crippen LogP contribution is 2.17. The Hall–Kier alpha value is -2.34. The normalized spacial score (nSPS) is 11.0. The van der Waals surface area contributed by atoms with Crippen LogP contribution >= 0.6 is 0 Å². The number of nitrogens with zero attached hydrogens (tertiary/aromatic N) is 1. The number of benzene rings is 3. The Balaban J connectivity index is 1.65. The van der Waals surface area contributed by atoms with Gasteiger partial charge in [-0.2, -0.15) is 0 Å². The zero-order valence-electron chi connectivity index (χ0n) is 17.2. The Labute approximate surface area is 174 Å². The second-order valence-electron chi connectivity index (χ2n) is 7.45. The van der Waals surface area contributed by atoms with Gasteiger partial charge in [-0.05, 0) is 55.7 Å². The van der Waals surface area contributed by atoms with E-state index in [2.05, 4.69) is 103 Å². The van der Waals surface area contributed by atoms with Crippen molar-refractivity contribution in [2.24, 2.45) is 4.99 Å². The quantitative estimate of drug-likeness (QED) is 0.338. The zero-order chi connectivity index (χ0) is 19.8. The molecule has 28 heavy (non-hydrogen) atoms. The number of hydrogen-bond donors (Lipinski definition) is 1. The predicted molar refractivity (Wildman–Crippen MR) is 124 cm³/mol. The van der Waals surface area contributed by atoms with Gasteiger partial charge in [-0.15, -0.1) is 0 Å². The van der Waals surface area contributed by atoms with Gasteiger partial charge in [0.25, 0.3) is 0 Å². The second-order valence-corrected chi connectivity index (χ2v) is 10.5. The highest BCUT2D eigenvalue weighted by Gasteiger charge is 2.17. The van der Waals surface area contributed by atoms with E-state index >= 15 is 0 Å². The molecule has 0 unspecified atom stereocenters. The molecule has 0 aliphatic carbocycles. The molecule has 1 N–H and O–H groups in total. The molecule has 0 bridgehead atoms. The Morgan fingerprint density at radius 1 is 0.857 bits per heavy atom. The molecule has 0 atom stereocenters. The molecule has 2 nitrogen and oxygen atoms in total. The number of aliphatic imine (C=N–C) groups is 1. The highest BCUT2D eigenvalue weighted by atomic mass is 27.2. The zero-order valence-corrected chi connectivity index (χ0v) is 18.3. The summed E-state index contributed by atoms with van der Waals surface area (Å²) in [6, 6.07) is 25.8. The first-order valence-corrected chi connectivity index (χ1v) is 12.4. The summed E-state index contributed by atoms with van der Waals surface area (Å²) in [5, 5.41) is 2.48. The molecule has 0 saturated carbocycles. The monoisotopic (exact) mass is 384 g/mol. The molecule has 0 aromatic heterocycles. The van der Waals surface area contributed by atoms with Crippen molar-refractivity contribution in [3.8, 4) is 0 Å². The minimum atomic E-state index is -1.03. The van der Waals surface area contributed by atoms with Gasteiger partial charge in [0.15, 0.2) is 0 Å². The maximum atomic E-state index is 4.67. The highest BCUT2D eigenvalue weighted by molar-refractivity contribution is 6.62. The van der Waals surface area contributed by atoms with E-state index in [1.165, 1.54) is 38.5 Å². The van der Waals surface area contributed by atoms with Gasteiger partial charge in [-0.3, -0.25) is 4.99 Å². The molecule has 0 radical (unpaired) electrons. The first-order chi connectivity index (χ1) is 13.6. The van der Waals surface area contributed by atoms with E-state index in [-0.39, 0.29) is 0 Å². The third-order valence-electron chi connectivity index (χ3n) is 5.12. The second kappa shape index (κ2) is 10.3. The molecule has 0 aliphatic heterocycles. The van der Waals surface area contributed by atoms with Crippen molar-refractivity contribution in [2.45, 2.75) is 37.8 Å². The minimum absolute atomic E-state index is 1.00. The van der Waals surface area contributed by atoms with Gasteiger partial charge in [0.05, 0.1) is 5.69 Å². The van der Waals surface area contributed by atoms with E-state index in [1.54, 1.807) is 0 Å². The summed E-state index contributed by atoms with van der Waals surface area (Å²) in [5.74, 6) is 0. The largest absolute Gasteiger partial charge is 0.476 e. The molecule has 3 aromatic rings. The van der Waals surface area contributed by atoms with E-state index < -0.39 is 14.4 Å². The summed E-state index contributed by atoms with van der Waals surface area (Å²) in [7, 11) is 0. The van der Waals surface area contributed by atoms with Gasteiger partial charge >= 0.3 is 14.4 Å². The van der Waals surface area contributed by atoms with E-state index in [1.807, 2.05) is 6.21 Å². The molecular weight excluding hydrogens is 355 g/mol. The van der Waals surface area contributed by atoms with Crippen LogP contribution in [0.4, 0.5) is 11.4 Å². The Kier molecular flexibility index (Phi) is 7.48. The topological polar surface area (TPSA) is 24.4 Å². The fourth-order valence-electron chi connectivity index (χ4n) is 3.26. The fraction of sp³-hybridized carbons (Fsp3) is 0.240. The molecule has 0 saturated heterocycles. The smallest absolute Gasteiger partial charge is 0.411 e. The van der Waals surface area contributed by atoms with Crippen LogP contribution in [0.3, 0.4) is 0 Å². The maximum absolute atomic E-state index is 4.67. The van der Waals surface area contributed by atoms with Gasteiger partial charge in [0.2, 0.25) is 0 Å². The lowest BCUT2D eigenvalue weighted by atomic mass is 10.1. The van der Waals surface area contributed by atoms with E-state index in [0.717, 1.165) is 12.1 Å². The van der Waals surface area contributed by atoms with Crippen molar-refractivity contribution in [2.75, 3.05) is 4.30 Å². The van der Waals surface area contributed by atoms with Crippen LogP contribution in [0.15, 0.2) is 77.8 Å². The van der Waals surface area contributed by atoms with Crippen LogP contribution in [-0.4, -0.2) is 20.6 Å². The molecule has 3 aromatic carbocycles. The van der Waals surface area contributed by atoms with E-state index in [4.69, 9.17) is 0 Å². The van der Waals surface area contributed by atoms with E-state index in [9.17, 15) is 0 Å². The van der Waals surface area contributed by atoms with Crippen molar-refractivity contribution in [3.05, 3.63) is 95.1 Å². The van der Waals surface area contributed by atoms with Crippen LogP contribution in [0.5, 0.6) is 0 Å². The van der Waals surface area contributed by atoms with Crippen LogP contribution in [0.25, 0.3) is 0 Å². The summed E-state index contributed by atoms with van der Waals surface area (Å²) in [6.45, 7) is 6.54. The third kappa shape index (κ3) is 6.09. The van der Waals surface area contributed by atoms with Crippen LogP contribution in [0.2, 0.25) is 10.6 Å². The first-order valence-electron chi connectivity index (χ1n) is 10.2. The van der Waals surface area contributed by atoms with Crippen LogP contribution in [0, 0.1) is 13.8 Å². The summed E-state index contributed by atoms with van der Waals surface area (Å²) in [4.78, 5) is 4.67. The van der Waals surface area contributed by atoms with Crippen molar-refractivity contribution < 1.29 is 0 Å². The van der Waals surface area contributed by atoms with Gasteiger partial charge in [-0.25, -0.2) is 0 Å². The number of aryl methyl sites for hydroxylation is 3. The SMILES string of the molecule is C[CH2][Al]([CH2]Cc1ccccc1C=Nc1ccc(C)cc1)[NH]c1ccc(C)cc1. The minimum Gasteiger partial charge on any atom is -0.476 e. The van der Waals surface area contributed by atoms with Crippen LogP contribution in [0.1, 0.15) is 29.2 Å². The summed E-state index contributed by atoms with van der Waals surface area (Å²) in [5.41, 5.74) is 7.44. The summed E-state index contributed by atoms with van der Waals surface area (Å²) >= 11 is -1.03. The number of nitrogens with one attached hydrogen (secondary N) is 1. The van der Waals surface area contributed by atoms with Crippen molar-refractivity contribution >= 4 is 32.0 Å². The summed E-state index contributed by atoms with van der Waals surface area (Å²) in [6.07, 6.45) is 3.11. The Morgan fingerprint density at radius 2 is 1.50 bits per heavy atom. The lowest BCUT2D eigenvalue weighted by Gasteiger charge is -2.14. The molecule has 0 spiro atoms. The lowest BCUT2D eigenvalue weighted by Crippen LogP contribution is -2.24. The maximum Gasteiger partial charge on any atom is 0.411 e. The average Bonchev–Trinajstić information content (AvgIpc) is 2.72. The Morgan fingerprint density at radius 3 is 2.18 bits per heavy atom. The molecule has 142 valence electrons. The molecule has 0 heterocycles. The fourth-order valence-corrected chi connectivity index (χ4v) is 5.34. The van der Waals surface area contributed by atoms with Crippen LogP contribution in [-0.2, 0) is 6.42 Å². The molecular formula is C25H29AlN2. The van der Waals surface area contributed by atoms with Crippen molar-refractivity contribution in [1.29, 1.82) is 0 Å². The van der Waals surface area contributed by atoms with Gasteiger partial charge in [0.1, 0.15) is 0 Å². The number of hydrogen-bond acceptors (Lipinski definition) is 2. The van der Waals surface area contributed by atoms with Crippen LogP contribution < -0.4 is 4.30 Å². The Bertz CT molecular complexity index is 899. The summed E-state index contributed by atoms with van der Waals surface area (Å²) < 4.78 is 3.81. The molecule has 0 aliphatic rings. The van der Waals surface area contributed by atoms with Crippen molar-refractivity contribution in [3.63, 3.8) is 0 Å². The van der Waals surface area contributed by atoms with Crippen molar-refractivity contribution in [1.82, 2.24) is 0 Å². The molecule has 0 amide bonds. The lowest BCUT2D eigenvalue weighted by molar-refractivity contribution is 1.09. The third-order valence-corrected chi connectivity index (χ3v) is 7.83. The van der Waals surface area contributed by atoms with Gasteiger partial charge in [-0.1, -0.05) is 77.1 Å². The molecule has 0 fully saturated rings. The molecule has 3 heteroatoms. The molecule has 3 rings (SSSR count). The first kappa shape index (κ1) is 20.4. The standard InChI is InChI=1S/C16H16N.C7H8N.C2H5.Al/c1-3-14-6-4-5-7-15(14)12-17-16-10-8-13(2)9-11-16;1-6-2-4-7(8)5-3-6;1-2;/h4-12H,1,3H2,2H3;2-5,8H,1H3;1H2,2H3;/q;-1;;+1. The van der Waals surface area contributed by atoms with E-state index in [0.29, 0.717) is 0 Å². The van der Waals surface area contributed by atoms with Gasteiger partial charge < -0.3 is 4.30 Å². The van der Waals surface area contributed by atoms with Gasteiger partial charge in [0, 0.05) is 11.9 Å². The number of rotatable bonds is 8. The average molecular weight is 385 g/mol. The predicted octanol–water partition coefficient (Wildman–Crippen LogP) is 6.72. The number of anilines is 1.